The van der Waals surface area contributed by atoms with E-state index in [9.17, 15) is 0 Å². The first kappa shape index (κ1) is 13.3. The summed E-state index contributed by atoms with van der Waals surface area (Å²) < 4.78 is 16.3. The van der Waals surface area contributed by atoms with Crippen molar-refractivity contribution in [3.05, 3.63) is 29.9 Å². The van der Waals surface area contributed by atoms with Gasteiger partial charge in [-0.2, -0.15) is 4.98 Å². The molecule has 5 nitrogen and oxygen atoms in total. The minimum absolute atomic E-state index is 0.284. The zero-order valence-electron chi connectivity index (χ0n) is 11.5. The predicted molar refractivity (Wildman–Crippen MR) is 75.4 cm³/mol. The van der Waals surface area contributed by atoms with E-state index in [1.807, 2.05) is 32.0 Å². The summed E-state index contributed by atoms with van der Waals surface area (Å²) in [5.41, 5.74) is 0. The van der Waals surface area contributed by atoms with E-state index in [-0.39, 0.29) is 5.92 Å². The van der Waals surface area contributed by atoms with Crippen LogP contribution in [-0.2, 0) is 5.75 Å². The molecule has 0 saturated carbocycles. The van der Waals surface area contributed by atoms with E-state index in [0.29, 0.717) is 24.9 Å². The quantitative estimate of drug-likeness (QED) is 0.806. The summed E-state index contributed by atoms with van der Waals surface area (Å²) in [7, 11) is 0. The molecule has 0 saturated heterocycles. The van der Waals surface area contributed by atoms with E-state index in [1.165, 1.54) is 0 Å². The van der Waals surface area contributed by atoms with Gasteiger partial charge in [0.15, 0.2) is 17.3 Å². The minimum atomic E-state index is 0.284. The summed E-state index contributed by atoms with van der Waals surface area (Å²) in [6.45, 7) is 5.30. The van der Waals surface area contributed by atoms with E-state index < -0.39 is 0 Å². The first-order valence-electron chi connectivity index (χ1n) is 6.57. The average molecular weight is 292 g/mol. The van der Waals surface area contributed by atoms with Gasteiger partial charge in [0.2, 0.25) is 5.89 Å². The van der Waals surface area contributed by atoms with Crippen molar-refractivity contribution in [1.29, 1.82) is 0 Å². The summed E-state index contributed by atoms with van der Waals surface area (Å²) in [5.74, 6) is 3.94. The molecule has 0 aliphatic carbocycles. The Balaban J connectivity index is 1.65. The highest BCUT2D eigenvalue weighted by molar-refractivity contribution is 7.98. The lowest BCUT2D eigenvalue weighted by atomic mass is 10.2. The number of ether oxygens (including phenoxy) is 2. The van der Waals surface area contributed by atoms with E-state index >= 15 is 0 Å². The van der Waals surface area contributed by atoms with Crippen LogP contribution in [0.1, 0.15) is 31.5 Å². The van der Waals surface area contributed by atoms with Gasteiger partial charge in [-0.3, -0.25) is 0 Å². The Morgan fingerprint density at radius 2 is 2.00 bits per heavy atom. The molecule has 2 heterocycles. The Kier molecular flexibility index (Phi) is 3.82. The summed E-state index contributed by atoms with van der Waals surface area (Å²) >= 11 is 1.64. The zero-order valence-corrected chi connectivity index (χ0v) is 12.3. The Morgan fingerprint density at radius 3 is 2.75 bits per heavy atom. The van der Waals surface area contributed by atoms with Gasteiger partial charge in [-0.25, -0.2) is 0 Å². The van der Waals surface area contributed by atoms with Crippen LogP contribution in [0.4, 0.5) is 0 Å². The SMILES string of the molecule is CC(C)c1noc(CSc2ccc3c(c2)OCCO3)n1. The molecule has 1 aromatic heterocycles. The van der Waals surface area contributed by atoms with Crippen LogP contribution in [-0.4, -0.2) is 23.4 Å². The molecule has 0 radical (unpaired) electrons. The molecule has 1 aromatic carbocycles. The molecule has 106 valence electrons. The number of fused-ring (bicyclic) bond motifs is 1. The average Bonchev–Trinajstić information content (AvgIpc) is 2.94. The molecule has 0 bridgehead atoms. The maximum atomic E-state index is 5.56. The number of rotatable bonds is 4. The zero-order chi connectivity index (χ0) is 13.9. The Bertz CT molecular complexity index is 598. The third kappa shape index (κ3) is 2.90. The van der Waals surface area contributed by atoms with Crippen LogP contribution in [0.2, 0.25) is 0 Å². The number of aromatic nitrogens is 2. The monoisotopic (exact) mass is 292 g/mol. The van der Waals surface area contributed by atoms with Gasteiger partial charge >= 0.3 is 0 Å². The van der Waals surface area contributed by atoms with Crippen molar-refractivity contribution >= 4 is 11.8 Å². The second-order valence-corrected chi connectivity index (χ2v) is 5.84. The van der Waals surface area contributed by atoms with Gasteiger partial charge in [0.25, 0.3) is 0 Å². The first-order chi connectivity index (χ1) is 9.72. The molecule has 6 heteroatoms. The van der Waals surface area contributed by atoms with Crippen molar-refractivity contribution in [2.75, 3.05) is 13.2 Å². The van der Waals surface area contributed by atoms with Crippen molar-refractivity contribution in [3.8, 4) is 11.5 Å². The molecule has 0 amide bonds. The van der Waals surface area contributed by atoms with Gasteiger partial charge in [0.1, 0.15) is 13.2 Å². The second kappa shape index (κ2) is 5.75. The standard InChI is InChI=1S/C14H16N2O3S/c1-9(2)14-15-13(19-16-14)8-20-10-3-4-11-12(7-10)18-6-5-17-11/h3-4,7,9H,5-6,8H2,1-2H3. The van der Waals surface area contributed by atoms with Crippen molar-refractivity contribution in [3.63, 3.8) is 0 Å². The molecule has 0 atom stereocenters. The largest absolute Gasteiger partial charge is 0.486 e. The highest BCUT2D eigenvalue weighted by atomic mass is 32.2. The lowest BCUT2D eigenvalue weighted by molar-refractivity contribution is 0.171. The van der Waals surface area contributed by atoms with Crippen LogP contribution in [0.3, 0.4) is 0 Å². The smallest absolute Gasteiger partial charge is 0.237 e. The highest BCUT2D eigenvalue weighted by Gasteiger charge is 2.13. The third-order valence-electron chi connectivity index (χ3n) is 2.88. The molecule has 0 spiro atoms. The van der Waals surface area contributed by atoms with Gasteiger partial charge < -0.3 is 14.0 Å². The predicted octanol–water partition coefficient (Wildman–Crippen LogP) is 3.26. The molecule has 3 rings (SSSR count). The number of nitrogens with zero attached hydrogens (tertiary/aromatic N) is 2. The van der Waals surface area contributed by atoms with E-state index in [2.05, 4.69) is 10.1 Å². The van der Waals surface area contributed by atoms with Crippen LogP contribution in [0, 0.1) is 0 Å². The Morgan fingerprint density at radius 1 is 1.20 bits per heavy atom. The minimum Gasteiger partial charge on any atom is -0.486 e. The topological polar surface area (TPSA) is 57.4 Å². The van der Waals surface area contributed by atoms with Crippen LogP contribution in [0.5, 0.6) is 11.5 Å². The molecular weight excluding hydrogens is 276 g/mol. The normalized spacial score (nSPS) is 13.8. The summed E-state index contributed by atoms with van der Waals surface area (Å²) in [5, 5.41) is 3.95. The fourth-order valence-electron chi connectivity index (χ4n) is 1.82. The summed E-state index contributed by atoms with van der Waals surface area (Å²) in [6.07, 6.45) is 0. The second-order valence-electron chi connectivity index (χ2n) is 4.80. The van der Waals surface area contributed by atoms with E-state index in [4.69, 9.17) is 14.0 Å². The molecular formula is C14H16N2O3S. The van der Waals surface area contributed by atoms with Gasteiger partial charge in [0.05, 0.1) is 5.75 Å². The molecule has 0 N–H and O–H groups in total. The van der Waals surface area contributed by atoms with Gasteiger partial charge in [-0.05, 0) is 18.2 Å². The van der Waals surface area contributed by atoms with Crippen molar-refractivity contribution in [2.24, 2.45) is 0 Å². The Hall–Kier alpha value is -1.69. The molecule has 2 aromatic rings. The van der Waals surface area contributed by atoms with Crippen molar-refractivity contribution < 1.29 is 14.0 Å². The number of benzene rings is 1. The van der Waals surface area contributed by atoms with Gasteiger partial charge in [-0.15, -0.1) is 11.8 Å². The van der Waals surface area contributed by atoms with Gasteiger partial charge in [0, 0.05) is 10.8 Å². The number of hydrogen-bond acceptors (Lipinski definition) is 6. The summed E-state index contributed by atoms with van der Waals surface area (Å²) in [4.78, 5) is 5.45. The van der Waals surface area contributed by atoms with E-state index in [1.54, 1.807) is 11.8 Å². The summed E-state index contributed by atoms with van der Waals surface area (Å²) in [6, 6.07) is 5.93. The maximum absolute atomic E-state index is 5.56. The lowest BCUT2D eigenvalue weighted by Crippen LogP contribution is -2.15. The molecule has 0 fully saturated rings. The van der Waals surface area contributed by atoms with Gasteiger partial charge in [-0.1, -0.05) is 19.0 Å². The number of hydrogen-bond donors (Lipinski definition) is 0. The first-order valence-corrected chi connectivity index (χ1v) is 7.56. The third-order valence-corrected chi connectivity index (χ3v) is 3.85. The van der Waals surface area contributed by atoms with Crippen LogP contribution >= 0.6 is 11.8 Å². The fourth-order valence-corrected chi connectivity index (χ4v) is 2.58. The number of thioether (sulfide) groups is 1. The molecule has 1 aliphatic rings. The van der Waals surface area contributed by atoms with E-state index in [0.717, 1.165) is 22.2 Å². The molecule has 0 unspecified atom stereocenters. The van der Waals surface area contributed by atoms with Crippen LogP contribution in [0.15, 0.2) is 27.6 Å². The van der Waals surface area contributed by atoms with Crippen molar-refractivity contribution in [2.45, 2.75) is 30.4 Å². The van der Waals surface area contributed by atoms with Crippen LogP contribution in [0.25, 0.3) is 0 Å². The van der Waals surface area contributed by atoms with Crippen LogP contribution < -0.4 is 9.47 Å². The maximum Gasteiger partial charge on any atom is 0.237 e. The Labute approximate surface area is 121 Å². The van der Waals surface area contributed by atoms with Crippen molar-refractivity contribution in [1.82, 2.24) is 10.1 Å². The highest BCUT2D eigenvalue weighted by Crippen LogP contribution is 2.35. The fraction of sp³-hybridized carbons (Fsp3) is 0.429. The lowest BCUT2D eigenvalue weighted by Gasteiger charge is -2.18. The molecule has 1 aliphatic heterocycles. The molecule has 20 heavy (non-hydrogen) atoms.